The molecule has 2 aliphatic heterocycles. The predicted molar refractivity (Wildman–Crippen MR) is 130 cm³/mol. The number of aromatic hydroxyl groups is 1. The van der Waals surface area contributed by atoms with E-state index in [-0.39, 0.29) is 12.3 Å². The van der Waals surface area contributed by atoms with Crippen LogP contribution in [-0.4, -0.2) is 53.3 Å². The summed E-state index contributed by atoms with van der Waals surface area (Å²) in [6, 6.07) is 1.73. The van der Waals surface area contributed by atoms with E-state index in [1.807, 2.05) is 0 Å². The summed E-state index contributed by atoms with van der Waals surface area (Å²) >= 11 is 6.86. The third-order valence-electron chi connectivity index (χ3n) is 5.72. The first-order valence-electron chi connectivity index (χ1n) is 10.9. The zero-order chi connectivity index (χ0) is 22.5. The first-order valence-corrected chi connectivity index (χ1v) is 12.5. The fourth-order valence-electron chi connectivity index (χ4n) is 3.95. The molecule has 2 saturated heterocycles. The number of phenolic OH excluding ortho intramolecular Hbond substituents is 1. The van der Waals surface area contributed by atoms with Gasteiger partial charge in [-0.05, 0) is 82.0 Å². The van der Waals surface area contributed by atoms with Crippen LogP contribution in [0.1, 0.15) is 44.1 Å². The molecular weight excluding hydrogens is 542 g/mol. The van der Waals surface area contributed by atoms with E-state index in [0.29, 0.717) is 32.5 Å². The molecule has 2 aromatic rings. The quantitative estimate of drug-likeness (QED) is 0.467. The highest BCUT2D eigenvalue weighted by atomic mass is 79.9. The number of hydrogen-bond acceptors (Lipinski definition) is 9. The normalized spacial score (nSPS) is 17.2. The van der Waals surface area contributed by atoms with Gasteiger partial charge in [-0.15, -0.1) is 5.11 Å². The number of hydrogen-bond donors (Lipinski definition) is 1. The highest BCUT2D eigenvalue weighted by Crippen LogP contribution is 2.42. The van der Waals surface area contributed by atoms with Crippen molar-refractivity contribution in [2.45, 2.75) is 45.1 Å². The summed E-state index contributed by atoms with van der Waals surface area (Å²) in [5.74, 6) is 2.09. The van der Waals surface area contributed by atoms with Crippen molar-refractivity contribution in [2.75, 3.05) is 43.1 Å². The predicted octanol–water partition coefficient (Wildman–Crippen LogP) is 5.38. The van der Waals surface area contributed by atoms with Gasteiger partial charge >= 0.3 is 0 Å². The van der Waals surface area contributed by atoms with E-state index < -0.39 is 0 Å². The van der Waals surface area contributed by atoms with Crippen molar-refractivity contribution < 1.29 is 9.84 Å². The smallest absolute Gasteiger partial charge is 0.275 e. The Kier molecular flexibility index (Phi) is 7.77. The molecule has 172 valence electrons. The van der Waals surface area contributed by atoms with E-state index in [4.69, 9.17) is 9.72 Å². The minimum Gasteiger partial charge on any atom is -0.503 e. The van der Waals surface area contributed by atoms with Gasteiger partial charge in [0.15, 0.2) is 11.5 Å². The van der Waals surface area contributed by atoms with Crippen molar-refractivity contribution in [3.8, 4) is 11.5 Å². The Labute approximate surface area is 204 Å². The molecule has 0 spiro atoms. The minimum atomic E-state index is 0.0369. The van der Waals surface area contributed by atoms with Crippen molar-refractivity contribution in [1.82, 2.24) is 15.0 Å². The number of nitrogens with zero attached hydrogens (tertiary/aromatic N) is 7. The standard InChI is InChI=1S/C21H27Br2N7O2/c1-32-15-12-14(16(22)17(23)18(15)31)13-24-28-19-25-20(29-8-4-2-5-9-29)27-21(26-19)30-10-6-3-7-11-30/h12,31H,2-11,13H2,1H3. The molecular formula is C21H27Br2N7O2. The third-order valence-corrected chi connectivity index (χ3v) is 7.93. The topological polar surface area (TPSA) is 99.3 Å². The Hall–Kier alpha value is -2.01. The van der Waals surface area contributed by atoms with E-state index in [1.54, 1.807) is 6.07 Å². The number of azo groups is 1. The maximum absolute atomic E-state index is 10.1. The number of ether oxygens (including phenoxy) is 1. The molecule has 4 rings (SSSR count). The number of phenols is 1. The van der Waals surface area contributed by atoms with Crippen LogP contribution < -0.4 is 14.5 Å². The molecule has 0 saturated carbocycles. The first kappa shape index (κ1) is 23.2. The maximum atomic E-state index is 10.1. The average Bonchev–Trinajstić information content (AvgIpc) is 2.85. The van der Waals surface area contributed by atoms with Crippen molar-refractivity contribution in [3.05, 3.63) is 20.6 Å². The van der Waals surface area contributed by atoms with E-state index in [0.717, 1.165) is 57.4 Å². The first-order chi connectivity index (χ1) is 15.6. The van der Waals surface area contributed by atoms with E-state index in [2.05, 4.69) is 61.9 Å². The summed E-state index contributed by atoms with van der Waals surface area (Å²) < 4.78 is 6.45. The van der Waals surface area contributed by atoms with E-state index in [1.165, 1.54) is 20.0 Å². The van der Waals surface area contributed by atoms with Gasteiger partial charge < -0.3 is 19.6 Å². The number of halogens is 2. The molecule has 3 heterocycles. The van der Waals surface area contributed by atoms with Gasteiger partial charge in [-0.25, -0.2) is 0 Å². The van der Waals surface area contributed by atoms with Crippen LogP contribution in [-0.2, 0) is 6.54 Å². The van der Waals surface area contributed by atoms with Gasteiger partial charge in [-0.3, -0.25) is 0 Å². The van der Waals surface area contributed by atoms with Crippen molar-refractivity contribution >= 4 is 49.7 Å². The summed E-state index contributed by atoms with van der Waals surface area (Å²) in [7, 11) is 1.51. The fraction of sp³-hybridized carbons (Fsp3) is 0.571. The van der Waals surface area contributed by atoms with Crippen LogP contribution in [0, 0.1) is 0 Å². The van der Waals surface area contributed by atoms with Crippen LogP contribution in [0.3, 0.4) is 0 Å². The zero-order valence-corrected chi connectivity index (χ0v) is 21.3. The lowest BCUT2D eigenvalue weighted by molar-refractivity contribution is 0.371. The molecule has 1 aromatic carbocycles. The van der Waals surface area contributed by atoms with Crippen LogP contribution in [0.5, 0.6) is 11.5 Å². The van der Waals surface area contributed by atoms with Crippen LogP contribution in [0.2, 0.25) is 0 Å². The number of benzene rings is 1. The van der Waals surface area contributed by atoms with Gasteiger partial charge in [-0.2, -0.15) is 20.1 Å². The summed E-state index contributed by atoms with van der Waals surface area (Å²) in [5.41, 5.74) is 0.817. The molecule has 9 nitrogen and oxygen atoms in total. The van der Waals surface area contributed by atoms with Crippen LogP contribution in [0.4, 0.5) is 17.8 Å². The lowest BCUT2D eigenvalue weighted by atomic mass is 10.1. The van der Waals surface area contributed by atoms with Gasteiger partial charge in [0, 0.05) is 30.7 Å². The molecule has 0 atom stereocenters. The fourth-order valence-corrected chi connectivity index (χ4v) is 4.82. The maximum Gasteiger partial charge on any atom is 0.275 e. The van der Waals surface area contributed by atoms with Gasteiger partial charge in [-0.1, -0.05) is 0 Å². The van der Waals surface area contributed by atoms with Gasteiger partial charge in [0.1, 0.15) is 0 Å². The van der Waals surface area contributed by atoms with Gasteiger partial charge in [0.25, 0.3) is 5.95 Å². The van der Waals surface area contributed by atoms with Crippen LogP contribution in [0.15, 0.2) is 25.2 Å². The van der Waals surface area contributed by atoms with Crippen molar-refractivity contribution in [1.29, 1.82) is 0 Å². The molecule has 2 fully saturated rings. The molecule has 0 aliphatic carbocycles. The number of rotatable bonds is 6. The zero-order valence-electron chi connectivity index (χ0n) is 18.1. The summed E-state index contributed by atoms with van der Waals surface area (Å²) in [6.45, 7) is 4.09. The average molecular weight is 569 g/mol. The molecule has 2 aliphatic rings. The molecule has 11 heteroatoms. The molecule has 0 radical (unpaired) electrons. The summed E-state index contributed by atoms with van der Waals surface area (Å²) in [5, 5.41) is 18.8. The number of aromatic nitrogens is 3. The highest BCUT2D eigenvalue weighted by Gasteiger charge is 2.20. The number of methoxy groups -OCH3 is 1. The second kappa shape index (κ2) is 10.7. The Morgan fingerprint density at radius 2 is 1.47 bits per heavy atom. The Morgan fingerprint density at radius 1 is 0.906 bits per heavy atom. The molecule has 0 amide bonds. The van der Waals surface area contributed by atoms with Gasteiger partial charge in [0.05, 0.1) is 18.1 Å². The molecule has 0 bridgehead atoms. The van der Waals surface area contributed by atoms with Crippen LogP contribution >= 0.6 is 31.9 Å². The second-order valence-corrected chi connectivity index (χ2v) is 9.53. The van der Waals surface area contributed by atoms with Gasteiger partial charge in [0.2, 0.25) is 11.9 Å². The lowest BCUT2D eigenvalue weighted by Crippen LogP contribution is -2.34. The summed E-state index contributed by atoms with van der Waals surface area (Å²) in [6.07, 6.45) is 7.07. The number of piperidine rings is 2. The third kappa shape index (κ3) is 5.31. The molecule has 0 unspecified atom stereocenters. The molecule has 1 aromatic heterocycles. The largest absolute Gasteiger partial charge is 0.503 e. The van der Waals surface area contributed by atoms with Crippen molar-refractivity contribution in [2.24, 2.45) is 10.2 Å². The van der Waals surface area contributed by atoms with Crippen LogP contribution in [0.25, 0.3) is 0 Å². The Morgan fingerprint density at radius 3 is 2.00 bits per heavy atom. The van der Waals surface area contributed by atoms with Crippen molar-refractivity contribution in [3.63, 3.8) is 0 Å². The minimum absolute atomic E-state index is 0.0369. The molecule has 32 heavy (non-hydrogen) atoms. The lowest BCUT2D eigenvalue weighted by Gasteiger charge is -2.29. The summed E-state index contributed by atoms with van der Waals surface area (Å²) in [4.78, 5) is 18.4. The Bertz CT molecular complexity index is 941. The van der Waals surface area contributed by atoms with E-state index >= 15 is 0 Å². The molecule has 1 N–H and O–H groups in total. The Balaban J connectivity index is 1.59. The SMILES string of the molecule is COc1cc(CN=Nc2nc(N3CCCCC3)nc(N3CCCCC3)n2)c(Br)c(Br)c1O. The number of anilines is 2. The highest BCUT2D eigenvalue weighted by molar-refractivity contribution is 9.13. The second-order valence-electron chi connectivity index (χ2n) is 7.94. The monoisotopic (exact) mass is 567 g/mol. The van der Waals surface area contributed by atoms with E-state index in [9.17, 15) is 5.11 Å².